The predicted molar refractivity (Wildman–Crippen MR) is 138 cm³/mol. The van der Waals surface area contributed by atoms with Gasteiger partial charge in [-0.3, -0.25) is 9.59 Å². The van der Waals surface area contributed by atoms with Gasteiger partial charge >= 0.3 is 11.9 Å². The molecule has 0 amide bonds. The van der Waals surface area contributed by atoms with E-state index in [0.717, 1.165) is 32.0 Å². The number of benzene rings is 3. The van der Waals surface area contributed by atoms with Gasteiger partial charge in [-0.15, -0.1) is 0 Å². The fraction of sp³-hybridized carbons (Fsp3) is 0.310. The van der Waals surface area contributed by atoms with Crippen molar-refractivity contribution in [1.29, 1.82) is 0 Å². The molecule has 0 atom stereocenters. The molecule has 0 unspecified atom stereocenters. The van der Waals surface area contributed by atoms with Gasteiger partial charge in [0.05, 0.1) is 18.1 Å². The Labute approximate surface area is 225 Å². The first-order valence-electron chi connectivity index (χ1n) is 12.3. The van der Waals surface area contributed by atoms with Gasteiger partial charge in [0.1, 0.15) is 26.4 Å². The zero-order valence-electron chi connectivity index (χ0n) is 21.2. The van der Waals surface area contributed by atoms with Crippen LogP contribution in [0.25, 0.3) is 0 Å². The fourth-order valence-electron chi connectivity index (χ4n) is 4.45. The minimum absolute atomic E-state index is 0.0839. The van der Waals surface area contributed by atoms with Gasteiger partial charge in [-0.1, -0.05) is 54.2 Å². The maximum Gasteiger partial charge on any atom is 0.302 e. The zero-order valence-corrected chi connectivity index (χ0v) is 22.0. The molecule has 198 valence electrons. The third-order valence-corrected chi connectivity index (χ3v) is 7.33. The second-order valence-electron chi connectivity index (χ2n) is 8.71. The standard InChI is InChI=1S/C29H28O8S/c1-19(30)32-13-15-34-25-12-11-24-28(27(25)35-16-14-33-20(2)31)38-26-10-6-5-9-23(26)29(24)36-17-21-7-3-4-8-22(21)18-37-29/h3-12H,13-18H2,1-2H3. The molecule has 2 aliphatic rings. The number of ether oxygens (including phenoxy) is 6. The van der Waals surface area contributed by atoms with E-state index in [-0.39, 0.29) is 38.4 Å². The molecule has 0 saturated carbocycles. The van der Waals surface area contributed by atoms with E-state index in [0.29, 0.717) is 24.7 Å². The van der Waals surface area contributed by atoms with Crippen molar-refractivity contribution in [2.45, 2.75) is 42.6 Å². The number of hydrogen-bond donors (Lipinski definition) is 0. The summed E-state index contributed by atoms with van der Waals surface area (Å²) in [5.74, 6) is -0.984. The van der Waals surface area contributed by atoms with Crippen LogP contribution in [0.15, 0.2) is 70.5 Å². The Morgan fingerprint density at radius 1 is 0.763 bits per heavy atom. The van der Waals surface area contributed by atoms with Crippen LogP contribution in [0.3, 0.4) is 0 Å². The Balaban J connectivity index is 1.54. The second kappa shape index (κ2) is 11.5. The Bertz CT molecular complexity index is 1310. The van der Waals surface area contributed by atoms with Crippen molar-refractivity contribution in [3.05, 3.63) is 82.9 Å². The van der Waals surface area contributed by atoms with Gasteiger partial charge in [0.2, 0.25) is 5.79 Å². The van der Waals surface area contributed by atoms with E-state index in [1.54, 1.807) is 6.07 Å². The maximum atomic E-state index is 11.3. The minimum atomic E-state index is -1.17. The first kappa shape index (κ1) is 26.1. The van der Waals surface area contributed by atoms with Crippen LogP contribution in [-0.2, 0) is 47.5 Å². The Morgan fingerprint density at radius 3 is 2.03 bits per heavy atom. The molecule has 9 heteroatoms. The number of carbonyl (C=O) groups is 2. The molecule has 0 aliphatic carbocycles. The lowest BCUT2D eigenvalue weighted by molar-refractivity contribution is -0.228. The summed E-state index contributed by atoms with van der Waals surface area (Å²) >= 11 is 1.53. The molecular weight excluding hydrogens is 508 g/mol. The molecule has 38 heavy (non-hydrogen) atoms. The van der Waals surface area contributed by atoms with Crippen molar-refractivity contribution in [2.24, 2.45) is 0 Å². The lowest BCUT2D eigenvalue weighted by atomic mass is 9.95. The minimum Gasteiger partial charge on any atom is -0.486 e. The van der Waals surface area contributed by atoms with Crippen molar-refractivity contribution in [1.82, 2.24) is 0 Å². The summed E-state index contributed by atoms with van der Waals surface area (Å²) in [6, 6.07) is 19.8. The fourth-order valence-corrected chi connectivity index (χ4v) is 5.70. The highest BCUT2D eigenvalue weighted by atomic mass is 32.2. The summed E-state index contributed by atoms with van der Waals surface area (Å²) < 4.78 is 35.5. The Morgan fingerprint density at radius 2 is 1.37 bits per heavy atom. The van der Waals surface area contributed by atoms with Gasteiger partial charge in [-0.25, -0.2) is 0 Å². The lowest BCUT2D eigenvalue weighted by Crippen LogP contribution is -2.36. The first-order chi connectivity index (χ1) is 18.5. The van der Waals surface area contributed by atoms with E-state index in [1.807, 2.05) is 54.6 Å². The van der Waals surface area contributed by atoms with Crippen LogP contribution < -0.4 is 9.47 Å². The molecule has 0 aromatic heterocycles. The van der Waals surface area contributed by atoms with E-state index >= 15 is 0 Å². The third-order valence-electron chi connectivity index (χ3n) is 6.15. The summed E-state index contributed by atoms with van der Waals surface area (Å²) in [4.78, 5) is 24.2. The Kier molecular flexibility index (Phi) is 7.87. The number of rotatable bonds is 8. The normalized spacial score (nSPS) is 14.9. The number of esters is 2. The number of carbonyl (C=O) groups excluding carboxylic acids is 2. The van der Waals surface area contributed by atoms with Crippen LogP contribution in [0.2, 0.25) is 0 Å². The maximum absolute atomic E-state index is 11.3. The third kappa shape index (κ3) is 5.36. The molecular formula is C29H28O8S. The van der Waals surface area contributed by atoms with Gasteiger partial charge in [0.25, 0.3) is 0 Å². The van der Waals surface area contributed by atoms with E-state index in [4.69, 9.17) is 28.4 Å². The summed E-state index contributed by atoms with van der Waals surface area (Å²) in [5.41, 5.74) is 3.86. The molecule has 0 bridgehead atoms. The van der Waals surface area contributed by atoms with Crippen molar-refractivity contribution >= 4 is 23.7 Å². The highest BCUT2D eigenvalue weighted by molar-refractivity contribution is 7.99. The molecule has 8 nitrogen and oxygen atoms in total. The number of fused-ring (bicyclic) bond motifs is 5. The largest absolute Gasteiger partial charge is 0.486 e. The molecule has 1 spiro atoms. The van der Waals surface area contributed by atoms with Crippen molar-refractivity contribution < 1.29 is 38.0 Å². The monoisotopic (exact) mass is 536 g/mol. The quantitative estimate of drug-likeness (QED) is 0.292. The summed E-state index contributed by atoms with van der Waals surface area (Å²) in [6.07, 6.45) is 0. The van der Waals surface area contributed by atoms with Crippen molar-refractivity contribution in [2.75, 3.05) is 26.4 Å². The second-order valence-corrected chi connectivity index (χ2v) is 9.76. The topological polar surface area (TPSA) is 89.5 Å². The summed E-state index contributed by atoms with van der Waals surface area (Å²) in [7, 11) is 0. The van der Waals surface area contributed by atoms with Gasteiger partial charge in [0.15, 0.2) is 11.5 Å². The van der Waals surface area contributed by atoms with Crippen molar-refractivity contribution in [3.8, 4) is 11.5 Å². The van der Waals surface area contributed by atoms with Gasteiger partial charge < -0.3 is 28.4 Å². The van der Waals surface area contributed by atoms with Crippen LogP contribution in [-0.4, -0.2) is 38.4 Å². The SMILES string of the molecule is CC(=O)OCCOc1ccc2c(c1OCCOC(C)=O)Sc1ccccc1C21OCc2ccccc2CO1. The average Bonchev–Trinajstić information content (AvgIpc) is 3.10. The lowest BCUT2D eigenvalue weighted by Gasteiger charge is -2.39. The van der Waals surface area contributed by atoms with Gasteiger partial charge in [-0.2, -0.15) is 0 Å². The highest BCUT2D eigenvalue weighted by Crippen LogP contribution is 2.56. The number of hydrogen-bond acceptors (Lipinski definition) is 9. The Hall–Kier alpha value is -3.53. The first-order valence-corrected chi connectivity index (χ1v) is 13.1. The van der Waals surface area contributed by atoms with Crippen molar-refractivity contribution in [3.63, 3.8) is 0 Å². The molecule has 3 aromatic carbocycles. The van der Waals surface area contributed by atoms with Crippen LogP contribution in [0, 0.1) is 0 Å². The smallest absolute Gasteiger partial charge is 0.302 e. The van der Waals surface area contributed by atoms with Crippen LogP contribution >= 0.6 is 11.8 Å². The molecule has 2 heterocycles. The average molecular weight is 537 g/mol. The zero-order chi connectivity index (χ0) is 26.5. The van der Waals surface area contributed by atoms with Gasteiger partial charge in [-0.05, 0) is 29.3 Å². The highest BCUT2D eigenvalue weighted by Gasteiger charge is 2.46. The summed E-state index contributed by atoms with van der Waals surface area (Å²) in [5, 5.41) is 0. The van der Waals surface area contributed by atoms with Crippen LogP contribution in [0.1, 0.15) is 36.1 Å². The van der Waals surface area contributed by atoms with E-state index in [2.05, 4.69) is 0 Å². The predicted octanol–water partition coefficient (Wildman–Crippen LogP) is 4.98. The molecule has 0 fully saturated rings. The molecule has 5 rings (SSSR count). The van der Waals surface area contributed by atoms with Crippen LogP contribution in [0.5, 0.6) is 11.5 Å². The molecule has 0 radical (unpaired) electrons. The molecule has 0 N–H and O–H groups in total. The van der Waals surface area contributed by atoms with Crippen LogP contribution in [0.4, 0.5) is 0 Å². The molecule has 3 aromatic rings. The molecule has 0 saturated heterocycles. The van der Waals surface area contributed by atoms with E-state index < -0.39 is 5.79 Å². The van der Waals surface area contributed by atoms with E-state index in [1.165, 1.54) is 25.6 Å². The summed E-state index contributed by atoms with van der Waals surface area (Å²) in [6.45, 7) is 3.90. The van der Waals surface area contributed by atoms with E-state index in [9.17, 15) is 9.59 Å². The molecule has 2 aliphatic heterocycles. The van der Waals surface area contributed by atoms with Gasteiger partial charge in [0, 0.05) is 29.9 Å².